The Hall–Kier alpha value is -1.13. The van der Waals surface area contributed by atoms with Gasteiger partial charge in [0.2, 0.25) is 0 Å². The molecule has 2 rings (SSSR count). The summed E-state index contributed by atoms with van der Waals surface area (Å²) >= 11 is 3.24. The van der Waals surface area contributed by atoms with Crippen LogP contribution in [0.4, 0.5) is 0 Å². The zero-order valence-corrected chi connectivity index (χ0v) is 12.8. The van der Waals surface area contributed by atoms with E-state index >= 15 is 0 Å². The molecule has 0 radical (unpaired) electrons. The van der Waals surface area contributed by atoms with E-state index in [1.165, 1.54) is 29.1 Å². The Balaban J connectivity index is 2.02. The van der Waals surface area contributed by atoms with Crippen LogP contribution in [-0.2, 0) is 6.54 Å². The van der Waals surface area contributed by atoms with Gasteiger partial charge in [-0.25, -0.2) is 0 Å². The molecule has 19 heavy (non-hydrogen) atoms. The van der Waals surface area contributed by atoms with Crippen molar-refractivity contribution in [3.05, 3.63) is 44.8 Å². The number of hydrogen-bond donors (Lipinski definition) is 0. The Morgan fingerprint density at radius 1 is 1.16 bits per heavy atom. The van der Waals surface area contributed by atoms with Crippen LogP contribution in [0, 0.1) is 0 Å². The van der Waals surface area contributed by atoms with Gasteiger partial charge in [-0.1, -0.05) is 31.9 Å². The highest BCUT2D eigenvalue weighted by atomic mass is 32.1. The van der Waals surface area contributed by atoms with Crippen molar-refractivity contribution in [2.75, 3.05) is 6.54 Å². The van der Waals surface area contributed by atoms with E-state index in [2.05, 4.69) is 18.4 Å². The monoisotopic (exact) mass is 293 g/mol. The normalized spacial score (nSPS) is 10.6. The lowest BCUT2D eigenvalue weighted by molar-refractivity contribution is 0.0746. The van der Waals surface area contributed by atoms with Crippen molar-refractivity contribution in [2.24, 2.45) is 0 Å². The molecule has 0 spiro atoms. The van der Waals surface area contributed by atoms with Gasteiger partial charge in [0.25, 0.3) is 5.91 Å². The van der Waals surface area contributed by atoms with Crippen molar-refractivity contribution in [3.8, 4) is 0 Å². The highest BCUT2D eigenvalue weighted by Crippen LogP contribution is 2.17. The van der Waals surface area contributed by atoms with Crippen molar-refractivity contribution in [1.29, 1.82) is 0 Å². The van der Waals surface area contributed by atoms with Crippen molar-refractivity contribution >= 4 is 28.6 Å². The van der Waals surface area contributed by atoms with Crippen LogP contribution in [0.5, 0.6) is 0 Å². The lowest BCUT2D eigenvalue weighted by atomic mass is 10.2. The van der Waals surface area contributed by atoms with E-state index in [4.69, 9.17) is 0 Å². The van der Waals surface area contributed by atoms with Gasteiger partial charge in [0.05, 0.1) is 11.4 Å². The van der Waals surface area contributed by atoms with Crippen LogP contribution in [0.1, 0.15) is 40.7 Å². The van der Waals surface area contributed by atoms with Crippen LogP contribution in [0.15, 0.2) is 35.0 Å². The van der Waals surface area contributed by atoms with Gasteiger partial charge in [-0.3, -0.25) is 4.79 Å². The minimum absolute atomic E-state index is 0.166. The number of carbonyl (C=O) groups is 1. The Bertz CT molecular complexity index is 476. The smallest absolute Gasteiger partial charge is 0.264 e. The second-order valence-corrected chi connectivity index (χ2v) is 6.47. The van der Waals surface area contributed by atoms with Crippen LogP contribution in [-0.4, -0.2) is 17.4 Å². The highest BCUT2D eigenvalue weighted by Gasteiger charge is 2.16. The fourth-order valence-electron chi connectivity index (χ4n) is 1.95. The Morgan fingerprint density at radius 2 is 1.95 bits per heavy atom. The number of thiophene rings is 2. The first-order chi connectivity index (χ1) is 9.31. The predicted molar refractivity (Wildman–Crippen MR) is 82.9 cm³/mol. The lowest BCUT2D eigenvalue weighted by Gasteiger charge is -2.21. The average molecular weight is 293 g/mol. The van der Waals surface area contributed by atoms with Crippen molar-refractivity contribution in [3.63, 3.8) is 0 Å². The third kappa shape index (κ3) is 4.18. The summed E-state index contributed by atoms with van der Waals surface area (Å²) in [6.45, 7) is 3.77. The molecule has 2 aromatic rings. The molecule has 0 aliphatic heterocycles. The molecule has 0 unspecified atom stereocenters. The third-order valence-electron chi connectivity index (χ3n) is 2.98. The van der Waals surface area contributed by atoms with Gasteiger partial charge in [0, 0.05) is 11.4 Å². The molecule has 0 N–H and O–H groups in total. The summed E-state index contributed by atoms with van der Waals surface area (Å²) in [6.07, 6.45) is 3.44. The Labute approximate surface area is 122 Å². The summed E-state index contributed by atoms with van der Waals surface area (Å²) in [6, 6.07) is 7.99. The molecule has 0 aliphatic rings. The van der Waals surface area contributed by atoms with Crippen LogP contribution < -0.4 is 0 Å². The third-order valence-corrected chi connectivity index (χ3v) is 4.70. The maximum atomic E-state index is 12.5. The van der Waals surface area contributed by atoms with E-state index in [0.717, 1.165) is 24.4 Å². The summed E-state index contributed by atoms with van der Waals surface area (Å²) in [7, 11) is 0. The predicted octanol–water partition coefficient (Wildman–Crippen LogP) is 4.64. The van der Waals surface area contributed by atoms with E-state index in [0.29, 0.717) is 0 Å². The van der Waals surface area contributed by atoms with Crippen LogP contribution in [0.25, 0.3) is 0 Å². The molecular formula is C15H19NOS2. The fourth-order valence-corrected chi connectivity index (χ4v) is 3.36. The molecule has 2 heterocycles. The van der Waals surface area contributed by atoms with Gasteiger partial charge in [-0.15, -0.1) is 22.7 Å². The molecule has 102 valence electrons. The quantitative estimate of drug-likeness (QED) is 0.681. The molecule has 0 bridgehead atoms. The first-order valence-electron chi connectivity index (χ1n) is 6.66. The first kappa shape index (κ1) is 14.3. The molecule has 0 saturated heterocycles. The van der Waals surface area contributed by atoms with Crippen LogP contribution >= 0.6 is 22.7 Å². The molecule has 0 atom stereocenters. The highest BCUT2D eigenvalue weighted by molar-refractivity contribution is 7.12. The molecule has 4 heteroatoms. The molecule has 2 aromatic heterocycles. The minimum atomic E-state index is 0.166. The standard InChI is InChI=1S/C15H19NOS2/c1-2-3-4-9-16(12-13-7-5-10-18-13)15(17)14-8-6-11-19-14/h5-8,10-11H,2-4,9,12H2,1H3. The zero-order chi connectivity index (χ0) is 13.5. The second-order valence-electron chi connectivity index (χ2n) is 4.49. The largest absolute Gasteiger partial charge is 0.333 e. The second kappa shape index (κ2) is 7.46. The molecule has 0 aromatic carbocycles. The maximum Gasteiger partial charge on any atom is 0.264 e. The molecular weight excluding hydrogens is 274 g/mol. The molecule has 0 fully saturated rings. The van der Waals surface area contributed by atoms with Gasteiger partial charge in [-0.2, -0.15) is 0 Å². The number of nitrogens with zero attached hydrogens (tertiary/aromatic N) is 1. The number of amides is 1. The van der Waals surface area contributed by atoms with E-state index in [1.54, 1.807) is 11.3 Å². The number of hydrogen-bond acceptors (Lipinski definition) is 3. The summed E-state index contributed by atoms with van der Waals surface area (Å²) in [5.74, 6) is 0.166. The molecule has 1 amide bonds. The Morgan fingerprint density at radius 3 is 2.58 bits per heavy atom. The van der Waals surface area contributed by atoms with Gasteiger partial charge >= 0.3 is 0 Å². The van der Waals surface area contributed by atoms with Gasteiger partial charge in [0.15, 0.2) is 0 Å². The number of carbonyl (C=O) groups excluding carboxylic acids is 1. The number of rotatable bonds is 7. The topological polar surface area (TPSA) is 20.3 Å². The Kier molecular flexibility index (Phi) is 5.61. The zero-order valence-electron chi connectivity index (χ0n) is 11.2. The summed E-state index contributed by atoms with van der Waals surface area (Å²) in [5, 5.41) is 4.03. The van der Waals surface area contributed by atoms with Crippen LogP contribution in [0.2, 0.25) is 0 Å². The van der Waals surface area contributed by atoms with E-state index in [1.807, 2.05) is 28.5 Å². The summed E-state index contributed by atoms with van der Waals surface area (Å²) < 4.78 is 0. The van der Waals surface area contributed by atoms with Crippen molar-refractivity contribution in [2.45, 2.75) is 32.7 Å². The van der Waals surface area contributed by atoms with Crippen molar-refractivity contribution in [1.82, 2.24) is 4.90 Å². The minimum Gasteiger partial charge on any atom is -0.333 e. The van der Waals surface area contributed by atoms with Crippen LogP contribution in [0.3, 0.4) is 0 Å². The van der Waals surface area contributed by atoms with Gasteiger partial charge in [0.1, 0.15) is 0 Å². The van der Waals surface area contributed by atoms with E-state index in [9.17, 15) is 4.79 Å². The van der Waals surface area contributed by atoms with Gasteiger partial charge < -0.3 is 4.90 Å². The van der Waals surface area contributed by atoms with Crippen molar-refractivity contribution < 1.29 is 4.79 Å². The fraction of sp³-hybridized carbons (Fsp3) is 0.400. The van der Waals surface area contributed by atoms with E-state index in [-0.39, 0.29) is 5.91 Å². The average Bonchev–Trinajstić information content (AvgIpc) is 3.10. The lowest BCUT2D eigenvalue weighted by Crippen LogP contribution is -2.30. The number of unbranched alkanes of at least 4 members (excludes halogenated alkanes) is 2. The summed E-state index contributed by atoms with van der Waals surface area (Å²) in [4.78, 5) is 16.5. The van der Waals surface area contributed by atoms with Gasteiger partial charge in [-0.05, 0) is 29.3 Å². The SMILES string of the molecule is CCCCCN(Cc1cccs1)C(=O)c1cccs1. The molecule has 2 nitrogen and oxygen atoms in total. The van der Waals surface area contributed by atoms with E-state index < -0.39 is 0 Å². The maximum absolute atomic E-state index is 12.5. The first-order valence-corrected chi connectivity index (χ1v) is 8.42. The molecule has 0 aliphatic carbocycles. The summed E-state index contributed by atoms with van der Waals surface area (Å²) in [5.41, 5.74) is 0. The molecule has 0 saturated carbocycles.